The van der Waals surface area contributed by atoms with Crippen LogP contribution in [0.15, 0.2) is 35.5 Å². The number of methoxy groups -OCH3 is 1. The summed E-state index contributed by atoms with van der Waals surface area (Å²) in [7, 11) is 1.77. The highest BCUT2D eigenvalue weighted by Gasteiger charge is 2.23. The van der Waals surface area contributed by atoms with Crippen molar-refractivity contribution in [1.82, 2.24) is 29.5 Å². The summed E-state index contributed by atoms with van der Waals surface area (Å²) < 4.78 is 7.19. The molecule has 1 aliphatic carbocycles. The minimum absolute atomic E-state index is 0.148. The third-order valence-electron chi connectivity index (χ3n) is 5.76. The predicted molar refractivity (Wildman–Crippen MR) is 106 cm³/mol. The first kappa shape index (κ1) is 17.1. The Morgan fingerprint density at radius 3 is 2.89 bits per heavy atom. The van der Waals surface area contributed by atoms with Crippen molar-refractivity contribution in [2.24, 2.45) is 5.92 Å². The summed E-state index contributed by atoms with van der Waals surface area (Å²) >= 11 is 0. The number of hydrogen-bond acceptors (Lipinski definition) is 5. The third kappa shape index (κ3) is 2.99. The number of hydrogen-bond donors (Lipinski definition) is 2. The minimum atomic E-state index is -0.148. The molecule has 1 aliphatic rings. The summed E-state index contributed by atoms with van der Waals surface area (Å²) in [6.07, 6.45) is 7.91. The molecule has 3 heterocycles. The van der Waals surface area contributed by atoms with Gasteiger partial charge in [-0.1, -0.05) is 6.07 Å². The Morgan fingerprint density at radius 2 is 2.07 bits per heavy atom. The van der Waals surface area contributed by atoms with Crippen molar-refractivity contribution >= 4 is 22.3 Å². The second kappa shape index (κ2) is 6.87. The lowest BCUT2D eigenvalue weighted by Gasteiger charge is -2.27. The molecule has 1 fully saturated rings. The van der Waals surface area contributed by atoms with Gasteiger partial charge in [0, 0.05) is 19.2 Å². The van der Waals surface area contributed by atoms with Crippen LogP contribution in [0.4, 0.5) is 0 Å². The molecule has 0 atom stereocenters. The quantitative estimate of drug-likeness (QED) is 0.569. The van der Waals surface area contributed by atoms with E-state index in [4.69, 9.17) is 9.72 Å². The van der Waals surface area contributed by atoms with Crippen LogP contribution in [0.25, 0.3) is 33.6 Å². The summed E-state index contributed by atoms with van der Waals surface area (Å²) in [6, 6.07) is 5.92. The molecular formula is C20H22N6O2. The van der Waals surface area contributed by atoms with Gasteiger partial charge in [-0.3, -0.25) is 9.55 Å². The maximum absolute atomic E-state index is 12.5. The standard InChI is InChI=1S/C20H22N6O2/c1-28-14-5-2-12(3-6-14)10-26-19-18(25-20(26)27)21-9-17(24-19)13-4-7-15-16(8-13)23-11-22-15/h4,7-9,11-12,14H,2-3,5-6,10H2,1H3,(H,22,23)(H,21,25,27)/t12-,14-. The molecule has 0 radical (unpaired) electrons. The summed E-state index contributed by atoms with van der Waals surface area (Å²) in [6.45, 7) is 0.660. The molecule has 0 spiro atoms. The van der Waals surface area contributed by atoms with Gasteiger partial charge in [-0.15, -0.1) is 0 Å². The van der Waals surface area contributed by atoms with Crippen molar-refractivity contribution in [2.45, 2.75) is 38.3 Å². The van der Waals surface area contributed by atoms with Crippen molar-refractivity contribution in [1.29, 1.82) is 0 Å². The fourth-order valence-electron chi connectivity index (χ4n) is 4.13. The molecule has 0 unspecified atom stereocenters. The lowest BCUT2D eigenvalue weighted by molar-refractivity contribution is 0.0542. The Bertz CT molecular complexity index is 1180. The monoisotopic (exact) mass is 378 g/mol. The van der Waals surface area contributed by atoms with Gasteiger partial charge in [-0.2, -0.15) is 0 Å². The third-order valence-corrected chi connectivity index (χ3v) is 5.76. The van der Waals surface area contributed by atoms with Crippen LogP contribution < -0.4 is 5.69 Å². The molecule has 0 saturated heterocycles. The predicted octanol–water partition coefficient (Wildman–Crippen LogP) is 2.87. The van der Waals surface area contributed by atoms with E-state index in [9.17, 15) is 4.79 Å². The first-order valence-corrected chi connectivity index (χ1v) is 9.63. The van der Waals surface area contributed by atoms with Gasteiger partial charge in [-0.25, -0.2) is 19.7 Å². The summed E-state index contributed by atoms with van der Waals surface area (Å²) in [5, 5.41) is 0. The van der Waals surface area contributed by atoms with E-state index in [0.717, 1.165) is 48.0 Å². The van der Waals surface area contributed by atoms with E-state index in [-0.39, 0.29) is 5.69 Å². The van der Waals surface area contributed by atoms with Crippen molar-refractivity contribution in [2.75, 3.05) is 7.11 Å². The van der Waals surface area contributed by atoms with Crippen LogP contribution in [0.5, 0.6) is 0 Å². The van der Waals surface area contributed by atoms with Crippen LogP contribution >= 0.6 is 0 Å². The zero-order chi connectivity index (χ0) is 19.1. The van der Waals surface area contributed by atoms with Gasteiger partial charge >= 0.3 is 5.69 Å². The first-order chi connectivity index (χ1) is 13.7. The molecule has 1 saturated carbocycles. The van der Waals surface area contributed by atoms with Gasteiger partial charge in [0.25, 0.3) is 0 Å². The van der Waals surface area contributed by atoms with Crippen LogP contribution in [0.1, 0.15) is 25.7 Å². The van der Waals surface area contributed by atoms with Crippen molar-refractivity contribution in [3.63, 3.8) is 0 Å². The Kier molecular flexibility index (Phi) is 4.20. The zero-order valence-corrected chi connectivity index (χ0v) is 15.7. The molecule has 4 aromatic rings. The van der Waals surface area contributed by atoms with Gasteiger partial charge in [0.1, 0.15) is 0 Å². The van der Waals surface area contributed by atoms with Crippen LogP contribution in [0.2, 0.25) is 0 Å². The zero-order valence-electron chi connectivity index (χ0n) is 15.7. The fraction of sp³-hybridized carbons (Fsp3) is 0.400. The number of aromatic nitrogens is 6. The molecule has 0 bridgehead atoms. The number of nitrogens with one attached hydrogen (secondary N) is 2. The average molecular weight is 378 g/mol. The lowest BCUT2D eigenvalue weighted by atomic mass is 9.87. The molecule has 5 rings (SSSR count). The molecular weight excluding hydrogens is 356 g/mol. The number of benzene rings is 1. The second-order valence-corrected chi connectivity index (χ2v) is 7.48. The number of imidazole rings is 2. The van der Waals surface area contributed by atoms with Gasteiger partial charge in [-0.05, 0) is 43.7 Å². The molecule has 2 N–H and O–H groups in total. The van der Waals surface area contributed by atoms with Crippen LogP contribution in [0, 0.1) is 5.92 Å². The molecule has 3 aromatic heterocycles. The summed E-state index contributed by atoms with van der Waals surface area (Å²) in [4.78, 5) is 31.9. The van der Waals surface area contributed by atoms with E-state index in [2.05, 4.69) is 19.9 Å². The van der Waals surface area contributed by atoms with Crippen molar-refractivity contribution < 1.29 is 4.74 Å². The maximum Gasteiger partial charge on any atom is 0.328 e. The fourth-order valence-corrected chi connectivity index (χ4v) is 4.13. The normalized spacial score (nSPS) is 20.2. The van der Waals surface area contributed by atoms with Crippen LogP contribution in [-0.4, -0.2) is 42.7 Å². The lowest BCUT2D eigenvalue weighted by Crippen LogP contribution is -2.27. The van der Waals surface area contributed by atoms with Gasteiger partial charge in [0.15, 0.2) is 11.3 Å². The van der Waals surface area contributed by atoms with E-state index in [1.807, 2.05) is 18.2 Å². The molecule has 8 heteroatoms. The van der Waals surface area contributed by atoms with Crippen molar-refractivity contribution in [3.05, 3.63) is 41.2 Å². The molecule has 8 nitrogen and oxygen atoms in total. The van der Waals surface area contributed by atoms with Gasteiger partial charge in [0.2, 0.25) is 0 Å². The van der Waals surface area contributed by atoms with E-state index in [1.165, 1.54) is 0 Å². The highest BCUT2D eigenvalue weighted by molar-refractivity contribution is 5.81. The molecule has 0 aliphatic heterocycles. The smallest absolute Gasteiger partial charge is 0.328 e. The number of H-pyrrole nitrogens is 2. The molecule has 28 heavy (non-hydrogen) atoms. The Balaban J connectivity index is 1.49. The number of nitrogens with zero attached hydrogens (tertiary/aromatic N) is 4. The van der Waals surface area contributed by atoms with Crippen LogP contribution in [-0.2, 0) is 11.3 Å². The number of ether oxygens (including phenoxy) is 1. The molecule has 1 aromatic carbocycles. The van der Waals surface area contributed by atoms with E-state index in [1.54, 1.807) is 24.2 Å². The molecule has 0 amide bonds. The SMILES string of the molecule is CO[C@H]1CC[C@H](Cn2c(=O)[nH]c3ncc(-c4ccc5nc[nH]c5c4)nc32)CC1. The van der Waals surface area contributed by atoms with E-state index >= 15 is 0 Å². The highest BCUT2D eigenvalue weighted by atomic mass is 16.5. The Morgan fingerprint density at radius 1 is 1.21 bits per heavy atom. The first-order valence-electron chi connectivity index (χ1n) is 9.63. The largest absolute Gasteiger partial charge is 0.381 e. The summed E-state index contributed by atoms with van der Waals surface area (Å²) in [5.41, 5.74) is 4.52. The maximum atomic E-state index is 12.5. The number of rotatable bonds is 4. The Labute approximate surface area is 161 Å². The van der Waals surface area contributed by atoms with Crippen LogP contribution in [0.3, 0.4) is 0 Å². The molecule has 144 valence electrons. The second-order valence-electron chi connectivity index (χ2n) is 7.48. The van der Waals surface area contributed by atoms with E-state index in [0.29, 0.717) is 29.9 Å². The van der Waals surface area contributed by atoms with Crippen molar-refractivity contribution in [3.8, 4) is 11.3 Å². The minimum Gasteiger partial charge on any atom is -0.381 e. The number of aromatic amines is 2. The average Bonchev–Trinajstić information content (AvgIpc) is 3.32. The Hall–Kier alpha value is -3.00. The highest BCUT2D eigenvalue weighted by Crippen LogP contribution is 2.28. The van der Waals surface area contributed by atoms with Gasteiger partial charge < -0.3 is 9.72 Å². The topological polar surface area (TPSA) is 101 Å². The van der Waals surface area contributed by atoms with E-state index < -0.39 is 0 Å². The van der Waals surface area contributed by atoms with Gasteiger partial charge in [0.05, 0.1) is 35.4 Å². The summed E-state index contributed by atoms with van der Waals surface area (Å²) in [5.74, 6) is 0.454. The number of fused-ring (bicyclic) bond motifs is 2.